The summed E-state index contributed by atoms with van der Waals surface area (Å²) in [5.74, 6) is -0.0264. The van der Waals surface area contributed by atoms with Crippen LogP contribution in [0, 0.1) is 13.8 Å². The van der Waals surface area contributed by atoms with E-state index in [1.54, 1.807) is 6.20 Å². The number of aryl methyl sites for hydroxylation is 1. The lowest BCUT2D eigenvalue weighted by Crippen LogP contribution is -2.46. The minimum atomic E-state index is -0.0264. The number of halogens is 1. The molecular weight excluding hydrogens is 324 g/mol. The normalized spacial score (nSPS) is 20.3. The fourth-order valence-corrected chi connectivity index (χ4v) is 3.20. The Kier molecular flexibility index (Phi) is 6.02. The minimum absolute atomic E-state index is 0. The van der Waals surface area contributed by atoms with Crippen LogP contribution < -0.4 is 10.6 Å². The van der Waals surface area contributed by atoms with Crippen LogP contribution in [0.2, 0.25) is 0 Å². The molecule has 3 rings (SSSR count). The number of piperidine rings is 1. The molecule has 1 fully saturated rings. The second-order valence-electron chi connectivity index (χ2n) is 6.39. The Hall–Kier alpha value is -1.85. The number of nitrogens with zero attached hydrogens (tertiary/aromatic N) is 2. The zero-order valence-electron chi connectivity index (χ0n) is 14.4. The molecule has 5 nitrogen and oxygen atoms in total. The van der Waals surface area contributed by atoms with Crippen molar-refractivity contribution in [3.8, 4) is 5.69 Å². The first-order valence-corrected chi connectivity index (χ1v) is 8.21. The van der Waals surface area contributed by atoms with Gasteiger partial charge >= 0.3 is 0 Å². The summed E-state index contributed by atoms with van der Waals surface area (Å²) in [6.45, 7) is 7.10. The fourth-order valence-electron chi connectivity index (χ4n) is 3.20. The highest BCUT2D eigenvalue weighted by Crippen LogP contribution is 2.18. The fraction of sp³-hybridized carbons (Fsp3) is 0.444. The van der Waals surface area contributed by atoms with Crippen molar-refractivity contribution >= 4 is 18.3 Å². The average molecular weight is 349 g/mol. The van der Waals surface area contributed by atoms with E-state index in [4.69, 9.17) is 0 Å². The predicted molar refractivity (Wildman–Crippen MR) is 98.2 cm³/mol. The zero-order valence-corrected chi connectivity index (χ0v) is 15.2. The molecule has 1 saturated heterocycles. The number of hydrogen-bond acceptors (Lipinski definition) is 3. The van der Waals surface area contributed by atoms with Gasteiger partial charge in [0.1, 0.15) is 0 Å². The molecule has 0 radical (unpaired) electrons. The maximum Gasteiger partial charge on any atom is 0.254 e. The summed E-state index contributed by atoms with van der Waals surface area (Å²) < 4.78 is 1.84. The van der Waals surface area contributed by atoms with E-state index in [0.29, 0.717) is 11.6 Å². The van der Waals surface area contributed by atoms with Gasteiger partial charge in [-0.15, -0.1) is 12.4 Å². The molecule has 0 bridgehead atoms. The van der Waals surface area contributed by atoms with E-state index in [9.17, 15) is 4.79 Å². The number of nitrogens with one attached hydrogen (secondary N) is 2. The topological polar surface area (TPSA) is 59.0 Å². The highest BCUT2D eigenvalue weighted by molar-refractivity contribution is 5.95. The van der Waals surface area contributed by atoms with Crippen molar-refractivity contribution in [2.24, 2.45) is 0 Å². The highest BCUT2D eigenvalue weighted by atomic mass is 35.5. The van der Waals surface area contributed by atoms with E-state index < -0.39 is 0 Å². The highest BCUT2D eigenvalue weighted by Gasteiger charge is 2.22. The molecular formula is C18H25ClN4O. The van der Waals surface area contributed by atoms with Crippen LogP contribution in [-0.4, -0.2) is 34.3 Å². The summed E-state index contributed by atoms with van der Waals surface area (Å²) in [5, 5.41) is 11.0. The number of amides is 1. The van der Waals surface area contributed by atoms with E-state index in [-0.39, 0.29) is 24.4 Å². The van der Waals surface area contributed by atoms with Crippen molar-refractivity contribution in [2.75, 3.05) is 6.54 Å². The molecule has 2 N–H and O–H groups in total. The smallest absolute Gasteiger partial charge is 0.254 e. The van der Waals surface area contributed by atoms with Gasteiger partial charge in [0.2, 0.25) is 0 Å². The number of benzene rings is 1. The van der Waals surface area contributed by atoms with Crippen LogP contribution in [0.15, 0.2) is 30.5 Å². The van der Waals surface area contributed by atoms with E-state index in [1.807, 2.05) is 42.8 Å². The predicted octanol–water partition coefficient (Wildman–Crippen LogP) is 2.78. The van der Waals surface area contributed by atoms with Crippen LogP contribution in [0.4, 0.5) is 0 Å². The third-order valence-electron chi connectivity index (χ3n) is 4.56. The molecule has 0 aliphatic carbocycles. The molecule has 1 aliphatic heterocycles. The number of hydrogen-bond donors (Lipinski definition) is 2. The molecule has 1 aliphatic rings. The van der Waals surface area contributed by atoms with Crippen LogP contribution >= 0.6 is 12.4 Å². The zero-order chi connectivity index (χ0) is 16.4. The summed E-state index contributed by atoms with van der Waals surface area (Å²) in [4.78, 5) is 12.6. The van der Waals surface area contributed by atoms with E-state index in [0.717, 1.165) is 36.3 Å². The van der Waals surface area contributed by atoms with Crippen molar-refractivity contribution in [3.05, 3.63) is 47.3 Å². The minimum Gasteiger partial charge on any atom is -0.349 e. The van der Waals surface area contributed by atoms with E-state index in [2.05, 4.69) is 22.7 Å². The van der Waals surface area contributed by atoms with Crippen molar-refractivity contribution in [2.45, 2.75) is 45.7 Å². The largest absolute Gasteiger partial charge is 0.349 e. The lowest BCUT2D eigenvalue weighted by molar-refractivity contribution is 0.0925. The Morgan fingerprint density at radius 1 is 1.33 bits per heavy atom. The van der Waals surface area contributed by atoms with Gasteiger partial charge in [-0.3, -0.25) is 4.79 Å². The summed E-state index contributed by atoms with van der Waals surface area (Å²) in [5.41, 5.74) is 3.68. The Balaban J connectivity index is 0.00000208. The van der Waals surface area contributed by atoms with Gasteiger partial charge < -0.3 is 10.6 Å². The monoisotopic (exact) mass is 348 g/mol. The Labute approximate surface area is 149 Å². The maximum atomic E-state index is 12.6. The van der Waals surface area contributed by atoms with Crippen LogP contribution in [0.3, 0.4) is 0 Å². The average Bonchev–Trinajstić information content (AvgIpc) is 2.89. The van der Waals surface area contributed by atoms with Gasteiger partial charge in [0.25, 0.3) is 5.91 Å². The first kappa shape index (κ1) is 18.5. The molecule has 6 heteroatoms. The summed E-state index contributed by atoms with van der Waals surface area (Å²) in [7, 11) is 0. The number of carbonyl (C=O) groups excluding carboxylic acids is 1. The van der Waals surface area contributed by atoms with Crippen LogP contribution in [0.25, 0.3) is 5.69 Å². The molecule has 1 amide bonds. The number of para-hydroxylation sites is 1. The Bertz CT molecular complexity index is 713. The van der Waals surface area contributed by atoms with Crippen molar-refractivity contribution in [1.29, 1.82) is 0 Å². The van der Waals surface area contributed by atoms with Gasteiger partial charge in [0.15, 0.2) is 0 Å². The molecule has 0 saturated carbocycles. The van der Waals surface area contributed by atoms with E-state index in [1.165, 1.54) is 0 Å². The quantitative estimate of drug-likeness (QED) is 0.896. The molecule has 1 aromatic heterocycles. The lowest BCUT2D eigenvalue weighted by Gasteiger charge is -2.28. The van der Waals surface area contributed by atoms with Gasteiger partial charge in [-0.25, -0.2) is 4.68 Å². The summed E-state index contributed by atoms with van der Waals surface area (Å²) in [6.07, 6.45) is 3.61. The standard InChI is InChI=1S/C18H24N4O.ClH/c1-12-6-4-5-7-17(12)22-14(3)16(11-20-22)18(23)21-15-8-9-19-13(2)10-15;/h4-7,11,13,15,19H,8-10H2,1-3H3,(H,21,23);1H. The number of carbonyl (C=O) groups is 1. The molecule has 0 spiro atoms. The lowest BCUT2D eigenvalue weighted by atomic mass is 10.0. The molecule has 1 aromatic carbocycles. The van der Waals surface area contributed by atoms with Crippen molar-refractivity contribution < 1.29 is 4.79 Å². The van der Waals surface area contributed by atoms with Crippen LogP contribution in [0.1, 0.15) is 41.4 Å². The van der Waals surface area contributed by atoms with E-state index >= 15 is 0 Å². The van der Waals surface area contributed by atoms with Crippen molar-refractivity contribution in [1.82, 2.24) is 20.4 Å². The second kappa shape index (κ2) is 7.81. The van der Waals surface area contributed by atoms with Gasteiger partial charge in [0, 0.05) is 12.1 Å². The number of rotatable bonds is 3. The van der Waals surface area contributed by atoms with Gasteiger partial charge in [-0.1, -0.05) is 18.2 Å². The third kappa shape index (κ3) is 3.79. The van der Waals surface area contributed by atoms with Crippen LogP contribution in [0.5, 0.6) is 0 Å². The first-order valence-electron chi connectivity index (χ1n) is 8.21. The Morgan fingerprint density at radius 2 is 2.08 bits per heavy atom. The van der Waals surface area contributed by atoms with Crippen molar-refractivity contribution in [3.63, 3.8) is 0 Å². The van der Waals surface area contributed by atoms with Crippen LogP contribution in [-0.2, 0) is 0 Å². The molecule has 24 heavy (non-hydrogen) atoms. The third-order valence-corrected chi connectivity index (χ3v) is 4.56. The molecule has 2 heterocycles. The molecule has 2 unspecified atom stereocenters. The number of aromatic nitrogens is 2. The van der Waals surface area contributed by atoms with Gasteiger partial charge in [0.05, 0.1) is 23.1 Å². The SMILES string of the molecule is Cc1ccccc1-n1ncc(C(=O)NC2CCNC(C)C2)c1C.Cl. The summed E-state index contributed by atoms with van der Waals surface area (Å²) >= 11 is 0. The second-order valence-corrected chi connectivity index (χ2v) is 6.39. The maximum absolute atomic E-state index is 12.6. The molecule has 2 aromatic rings. The Morgan fingerprint density at radius 3 is 2.79 bits per heavy atom. The summed E-state index contributed by atoms with van der Waals surface area (Å²) in [6, 6.07) is 8.74. The van der Waals surface area contributed by atoms with Gasteiger partial charge in [-0.2, -0.15) is 5.10 Å². The molecule has 130 valence electrons. The first-order chi connectivity index (χ1) is 11.1. The van der Waals surface area contributed by atoms with Gasteiger partial charge in [-0.05, 0) is 51.8 Å². The molecule has 2 atom stereocenters.